The lowest BCUT2D eigenvalue weighted by atomic mass is 10.0. The first-order valence-electron chi connectivity index (χ1n) is 4.07. The number of hydrogen-bond acceptors (Lipinski definition) is 3. The number of hydrogen-bond donors (Lipinski definition) is 3. The average molecular weight is 183 g/mol. The summed E-state index contributed by atoms with van der Waals surface area (Å²) in [5.41, 5.74) is 18.6. The molecule has 0 saturated carbocycles. The summed E-state index contributed by atoms with van der Waals surface area (Å²) in [5.74, 6) is -0.328. The highest BCUT2D eigenvalue weighted by Crippen LogP contribution is 2.23. The zero-order chi connectivity index (χ0) is 10.0. The highest BCUT2D eigenvalue weighted by atomic mass is 19.1. The smallest absolute Gasteiger partial charge is 0.123 e. The summed E-state index contributed by atoms with van der Waals surface area (Å²) in [6.45, 7) is 2.00. The Morgan fingerprint density at radius 1 is 1.46 bits per heavy atom. The van der Waals surface area contributed by atoms with Gasteiger partial charge >= 0.3 is 0 Å². The molecule has 1 rings (SSSR count). The second-order valence-corrected chi connectivity index (χ2v) is 3.07. The molecule has 0 spiro atoms. The molecule has 1 atom stereocenters. The summed E-state index contributed by atoms with van der Waals surface area (Å²) in [6, 6.07) is 2.32. The topological polar surface area (TPSA) is 78.1 Å². The van der Waals surface area contributed by atoms with Gasteiger partial charge in [-0.05, 0) is 30.2 Å². The summed E-state index contributed by atoms with van der Waals surface area (Å²) in [6.07, 6.45) is 0. The molecular formula is C9H14FN3. The third-order valence-electron chi connectivity index (χ3n) is 2.04. The van der Waals surface area contributed by atoms with Crippen molar-refractivity contribution >= 4 is 5.69 Å². The van der Waals surface area contributed by atoms with Gasteiger partial charge in [-0.3, -0.25) is 0 Å². The molecule has 0 radical (unpaired) electrons. The van der Waals surface area contributed by atoms with E-state index < -0.39 is 6.04 Å². The third kappa shape index (κ3) is 1.96. The van der Waals surface area contributed by atoms with Gasteiger partial charge in [0.05, 0.1) is 0 Å². The van der Waals surface area contributed by atoms with Crippen molar-refractivity contribution in [1.82, 2.24) is 0 Å². The van der Waals surface area contributed by atoms with Crippen molar-refractivity contribution in [3.05, 3.63) is 29.1 Å². The van der Waals surface area contributed by atoms with Crippen molar-refractivity contribution in [1.29, 1.82) is 0 Å². The molecule has 72 valence electrons. The Labute approximate surface area is 76.7 Å². The van der Waals surface area contributed by atoms with Gasteiger partial charge in [-0.15, -0.1) is 0 Å². The fourth-order valence-corrected chi connectivity index (χ4v) is 1.21. The van der Waals surface area contributed by atoms with E-state index in [-0.39, 0.29) is 12.4 Å². The highest BCUT2D eigenvalue weighted by Gasteiger charge is 2.10. The van der Waals surface area contributed by atoms with E-state index in [1.54, 1.807) is 6.92 Å². The number of benzene rings is 1. The van der Waals surface area contributed by atoms with Crippen molar-refractivity contribution in [2.75, 3.05) is 12.3 Å². The number of halogens is 1. The van der Waals surface area contributed by atoms with E-state index in [0.717, 1.165) is 0 Å². The molecule has 0 heterocycles. The van der Waals surface area contributed by atoms with E-state index in [9.17, 15) is 4.39 Å². The number of anilines is 1. The lowest BCUT2D eigenvalue weighted by Crippen LogP contribution is -2.22. The molecule has 0 unspecified atom stereocenters. The van der Waals surface area contributed by atoms with Crippen molar-refractivity contribution in [3.63, 3.8) is 0 Å². The zero-order valence-electron chi connectivity index (χ0n) is 7.55. The molecule has 1 aromatic carbocycles. The molecule has 6 N–H and O–H groups in total. The predicted octanol–water partition coefficient (Wildman–Crippen LogP) is 0.675. The minimum Gasteiger partial charge on any atom is -0.398 e. The van der Waals surface area contributed by atoms with E-state index in [0.29, 0.717) is 16.8 Å². The van der Waals surface area contributed by atoms with Gasteiger partial charge in [0.2, 0.25) is 0 Å². The number of nitrogens with two attached hydrogens (primary N) is 3. The van der Waals surface area contributed by atoms with Crippen LogP contribution in [0.4, 0.5) is 10.1 Å². The minimum absolute atomic E-state index is 0.257. The van der Waals surface area contributed by atoms with Crippen LogP contribution < -0.4 is 17.2 Å². The van der Waals surface area contributed by atoms with Crippen molar-refractivity contribution in [3.8, 4) is 0 Å². The van der Waals surface area contributed by atoms with Crippen molar-refractivity contribution < 1.29 is 4.39 Å². The standard InChI is InChI=1S/C9H14FN3/c1-5-2-6(10)3-7(9(5)13)8(12)4-11/h2-3,8H,4,11-13H2,1H3/t8-/m0/s1. The summed E-state index contributed by atoms with van der Waals surface area (Å²) < 4.78 is 13.0. The molecule has 0 aliphatic rings. The summed E-state index contributed by atoms with van der Waals surface area (Å²) in [4.78, 5) is 0. The SMILES string of the molecule is Cc1cc(F)cc([C@@H](N)CN)c1N. The van der Waals surface area contributed by atoms with Gasteiger partial charge in [0.1, 0.15) is 5.82 Å². The summed E-state index contributed by atoms with van der Waals surface area (Å²) in [7, 11) is 0. The van der Waals surface area contributed by atoms with Crippen LogP contribution in [0.25, 0.3) is 0 Å². The summed E-state index contributed by atoms with van der Waals surface area (Å²) in [5, 5.41) is 0. The Hall–Kier alpha value is -1.13. The second kappa shape index (κ2) is 3.72. The van der Waals surface area contributed by atoms with E-state index in [2.05, 4.69) is 0 Å². The molecule has 0 aromatic heterocycles. The zero-order valence-corrected chi connectivity index (χ0v) is 7.55. The lowest BCUT2D eigenvalue weighted by Gasteiger charge is -2.14. The first-order valence-corrected chi connectivity index (χ1v) is 4.07. The maximum atomic E-state index is 13.0. The van der Waals surface area contributed by atoms with Crippen LogP contribution >= 0.6 is 0 Å². The maximum Gasteiger partial charge on any atom is 0.123 e. The normalized spacial score (nSPS) is 12.9. The average Bonchev–Trinajstić information content (AvgIpc) is 2.10. The molecule has 0 aliphatic heterocycles. The van der Waals surface area contributed by atoms with Gasteiger partial charge in [0, 0.05) is 18.3 Å². The molecule has 0 saturated heterocycles. The fraction of sp³-hybridized carbons (Fsp3) is 0.333. The third-order valence-corrected chi connectivity index (χ3v) is 2.04. The monoisotopic (exact) mass is 183 g/mol. The van der Waals surface area contributed by atoms with Crippen LogP contribution in [0.2, 0.25) is 0 Å². The molecule has 0 aliphatic carbocycles. The molecule has 3 nitrogen and oxygen atoms in total. The van der Waals surface area contributed by atoms with Crippen molar-refractivity contribution in [2.45, 2.75) is 13.0 Å². The number of nitrogen functional groups attached to an aromatic ring is 1. The van der Waals surface area contributed by atoms with Crippen LogP contribution in [-0.2, 0) is 0 Å². The van der Waals surface area contributed by atoms with Gasteiger partial charge in [-0.2, -0.15) is 0 Å². The van der Waals surface area contributed by atoms with E-state index >= 15 is 0 Å². The van der Waals surface area contributed by atoms with Gasteiger partial charge in [0.25, 0.3) is 0 Å². The van der Waals surface area contributed by atoms with Gasteiger partial charge in [-0.1, -0.05) is 0 Å². The Kier molecular flexibility index (Phi) is 2.85. The Balaban J connectivity index is 3.20. The molecule has 1 aromatic rings. The second-order valence-electron chi connectivity index (χ2n) is 3.07. The van der Waals surface area contributed by atoms with Crippen molar-refractivity contribution in [2.24, 2.45) is 11.5 Å². The number of rotatable bonds is 2. The van der Waals surface area contributed by atoms with Crippen LogP contribution in [0.15, 0.2) is 12.1 Å². The van der Waals surface area contributed by atoms with Crippen LogP contribution in [0.1, 0.15) is 17.2 Å². The highest BCUT2D eigenvalue weighted by molar-refractivity contribution is 5.54. The minimum atomic E-state index is -0.394. The molecule has 0 bridgehead atoms. The van der Waals surface area contributed by atoms with E-state index in [1.807, 2.05) is 0 Å². The molecule has 0 fully saturated rings. The number of aryl methyl sites for hydroxylation is 1. The van der Waals surface area contributed by atoms with Crippen LogP contribution in [0.3, 0.4) is 0 Å². The fourth-order valence-electron chi connectivity index (χ4n) is 1.21. The molecule has 0 amide bonds. The predicted molar refractivity (Wildman–Crippen MR) is 51.5 cm³/mol. The van der Waals surface area contributed by atoms with Crippen LogP contribution in [0, 0.1) is 12.7 Å². The Morgan fingerprint density at radius 3 is 2.62 bits per heavy atom. The van der Waals surface area contributed by atoms with E-state index in [4.69, 9.17) is 17.2 Å². The maximum absolute atomic E-state index is 13.0. The Morgan fingerprint density at radius 2 is 2.08 bits per heavy atom. The van der Waals surface area contributed by atoms with Gasteiger partial charge in [0.15, 0.2) is 0 Å². The quantitative estimate of drug-likeness (QED) is 0.590. The molecule has 4 heteroatoms. The van der Waals surface area contributed by atoms with E-state index in [1.165, 1.54) is 12.1 Å². The molecule has 13 heavy (non-hydrogen) atoms. The van der Waals surface area contributed by atoms with Gasteiger partial charge in [-0.25, -0.2) is 4.39 Å². The van der Waals surface area contributed by atoms with Gasteiger partial charge < -0.3 is 17.2 Å². The van der Waals surface area contributed by atoms with Crippen LogP contribution in [-0.4, -0.2) is 6.54 Å². The largest absolute Gasteiger partial charge is 0.398 e. The summed E-state index contributed by atoms with van der Waals surface area (Å²) >= 11 is 0. The Bertz CT molecular complexity index is 312. The lowest BCUT2D eigenvalue weighted by molar-refractivity contribution is 0.619. The van der Waals surface area contributed by atoms with Crippen LogP contribution in [0.5, 0.6) is 0 Å². The molecular weight excluding hydrogens is 169 g/mol. The first-order chi connectivity index (χ1) is 6.06. The first kappa shape index (κ1) is 9.95.